The zero-order valence-electron chi connectivity index (χ0n) is 48.6. The van der Waals surface area contributed by atoms with Crippen molar-refractivity contribution in [3.05, 3.63) is 133 Å². The summed E-state index contributed by atoms with van der Waals surface area (Å²) in [5.74, 6) is -2.01. The number of aromatic nitrogens is 9. The number of hydrogen-bond donors (Lipinski definition) is 4. The Morgan fingerprint density at radius 3 is 2.29 bits per heavy atom. The number of halogens is 2. The monoisotopic (exact) mass is 1240 g/mol. The summed E-state index contributed by atoms with van der Waals surface area (Å²) < 4.78 is 26.7. The van der Waals surface area contributed by atoms with E-state index in [0.29, 0.717) is 46.3 Å². The number of aliphatic hydroxyl groups excluding tert-OH is 1. The molecule has 28 heteroatoms. The molecule has 7 heterocycles. The predicted octanol–water partition coefficient (Wildman–Crippen LogP) is 5.25. The molecule has 2 aliphatic heterocycles. The smallest absolute Gasteiger partial charge is 0.319 e. The number of fused-ring (bicyclic) bond motifs is 1. The molecule has 0 radical (unpaired) electrons. The van der Waals surface area contributed by atoms with Gasteiger partial charge in [-0.3, -0.25) is 38.3 Å². The van der Waals surface area contributed by atoms with E-state index in [4.69, 9.17) is 47.1 Å². The molecule has 86 heavy (non-hydrogen) atoms. The number of aryl methyl sites for hydroxylation is 3. The number of rotatable bonds is 24. The lowest BCUT2D eigenvalue weighted by Gasteiger charge is -2.35. The highest BCUT2D eigenvalue weighted by Crippen LogP contribution is 2.44. The molecule has 2 aromatic carbocycles. The molecule has 9 rings (SSSR count). The number of nitrogens with one attached hydrogen (secondary N) is 3. The van der Waals surface area contributed by atoms with Crippen molar-refractivity contribution in [1.82, 2.24) is 64.9 Å². The fourth-order valence-corrected chi connectivity index (χ4v) is 11.5. The van der Waals surface area contributed by atoms with Crippen molar-refractivity contribution in [2.45, 2.75) is 97.4 Å². The second-order valence-electron chi connectivity index (χ2n) is 21.8. The molecule has 5 aromatic heterocycles. The van der Waals surface area contributed by atoms with Crippen molar-refractivity contribution in [2.24, 2.45) is 12.5 Å². The lowest BCUT2D eigenvalue weighted by molar-refractivity contribution is -0.144. The van der Waals surface area contributed by atoms with E-state index in [1.165, 1.54) is 47.0 Å². The Labute approximate surface area is 509 Å². The zero-order chi connectivity index (χ0) is 61.6. The number of ether oxygens (including phenoxy) is 4. The van der Waals surface area contributed by atoms with E-state index in [2.05, 4.69) is 41.2 Å². The van der Waals surface area contributed by atoms with Gasteiger partial charge >= 0.3 is 6.01 Å². The van der Waals surface area contributed by atoms with Gasteiger partial charge in [0.15, 0.2) is 5.69 Å². The number of benzene rings is 2. The van der Waals surface area contributed by atoms with Crippen molar-refractivity contribution >= 4 is 69.8 Å². The van der Waals surface area contributed by atoms with E-state index in [1.807, 2.05) is 42.7 Å². The van der Waals surface area contributed by atoms with Crippen LogP contribution in [0.2, 0.25) is 10.0 Å². The van der Waals surface area contributed by atoms with Crippen LogP contribution in [-0.2, 0) is 55.3 Å². The fraction of sp³-hybridized carbons (Fsp3) is 0.414. The van der Waals surface area contributed by atoms with Gasteiger partial charge in [0.2, 0.25) is 29.5 Å². The summed E-state index contributed by atoms with van der Waals surface area (Å²) in [5.41, 5.74) is 5.50. The third-order valence-corrected chi connectivity index (χ3v) is 16.0. The number of amides is 5. The predicted molar refractivity (Wildman–Crippen MR) is 318 cm³/mol. The molecule has 25 nitrogen and oxygen atoms in total. The minimum atomic E-state index is -1.06. The van der Waals surface area contributed by atoms with Crippen LogP contribution in [0.3, 0.4) is 0 Å². The Morgan fingerprint density at radius 1 is 0.895 bits per heavy atom. The molecule has 0 spiro atoms. The van der Waals surface area contributed by atoms with Crippen molar-refractivity contribution in [3.8, 4) is 33.7 Å². The summed E-state index contributed by atoms with van der Waals surface area (Å²) in [5, 5.41) is 28.4. The maximum Gasteiger partial charge on any atom is 0.319 e. The summed E-state index contributed by atoms with van der Waals surface area (Å²) in [7, 11) is 4.42. The molecule has 1 fully saturated rings. The molecule has 0 unspecified atom stereocenters. The first kappa shape index (κ1) is 62.4. The van der Waals surface area contributed by atoms with Gasteiger partial charge in [-0.2, -0.15) is 4.98 Å². The first-order valence-electron chi connectivity index (χ1n) is 27.5. The van der Waals surface area contributed by atoms with Gasteiger partial charge in [-0.1, -0.05) is 85.6 Å². The van der Waals surface area contributed by atoms with Crippen LogP contribution >= 0.6 is 34.5 Å². The molecular formula is C58H66Cl2N14O11S. The Bertz CT molecular complexity index is 3680. The molecule has 1 saturated heterocycles. The summed E-state index contributed by atoms with van der Waals surface area (Å²) in [6.07, 6.45) is 4.18. The van der Waals surface area contributed by atoms with Crippen LogP contribution in [0.4, 0.5) is 5.69 Å². The topological polar surface area (TPSA) is 294 Å². The molecule has 0 bridgehead atoms. The number of β-amino-alcohol motifs (C(OH)–C–C–N with tert-alkyl or cyclic N) is 1. The largest absolute Gasteiger partial charge is 0.480 e. The number of likely N-dealkylation sites (tertiary alicyclic amines) is 1. The van der Waals surface area contributed by atoms with Crippen LogP contribution < -0.4 is 35.9 Å². The van der Waals surface area contributed by atoms with E-state index in [1.54, 1.807) is 79.8 Å². The number of nitrogens with zero attached hydrogens (tertiary/aromatic N) is 11. The number of carbonyl (C=O) groups excluding carboxylic acids is 5. The minimum Gasteiger partial charge on any atom is -0.480 e. The molecule has 454 valence electrons. The Kier molecular flexibility index (Phi) is 19.6. The van der Waals surface area contributed by atoms with Gasteiger partial charge in [0.1, 0.15) is 48.5 Å². The first-order chi connectivity index (χ1) is 41.1. The molecule has 5 atom stereocenters. The van der Waals surface area contributed by atoms with E-state index in [9.17, 15) is 33.9 Å². The highest BCUT2D eigenvalue weighted by atomic mass is 35.5. The number of hydrogen-bond acceptors (Lipinski definition) is 18. The SMILES string of the molecule is COc1ncc(-c2nc3c(n2CCCn2cc(CNC(=O)COCCOCC(=O)N[C@H](C(=O)N4C[C@H](O)C[C@H]4C(=O)N[C@@H](C)c4ccc(-c5scnc5C)cc4)C(C)(C)C)nn2)[C@@H](c2ccc(Cl)cc2)N(c2cc(Cl)cn(C)c2=O)C3=O)c(OC)n1. The number of methoxy groups -OCH3 is 2. The average molecular weight is 1240 g/mol. The lowest BCUT2D eigenvalue weighted by atomic mass is 9.85. The van der Waals surface area contributed by atoms with Crippen LogP contribution in [0.5, 0.6) is 11.9 Å². The fourth-order valence-electron chi connectivity index (χ4n) is 10.3. The molecule has 4 N–H and O–H groups in total. The number of carbonyl (C=O) groups is 5. The lowest BCUT2D eigenvalue weighted by Crippen LogP contribution is -2.58. The zero-order valence-corrected chi connectivity index (χ0v) is 50.9. The molecule has 2 aliphatic rings. The molecule has 0 saturated carbocycles. The van der Waals surface area contributed by atoms with Crippen molar-refractivity contribution in [1.29, 1.82) is 0 Å². The average Bonchev–Trinajstić information content (AvgIpc) is 1.58. The molecule has 0 aliphatic carbocycles. The summed E-state index contributed by atoms with van der Waals surface area (Å²) >= 11 is 14.4. The maximum absolute atomic E-state index is 14.7. The van der Waals surface area contributed by atoms with E-state index in [-0.39, 0.29) is 74.2 Å². The minimum absolute atomic E-state index is 0.0267. The summed E-state index contributed by atoms with van der Waals surface area (Å²) in [6, 6.07) is 13.0. The molecule has 7 aromatic rings. The second-order valence-corrected chi connectivity index (χ2v) is 23.5. The van der Waals surface area contributed by atoms with E-state index in [0.717, 1.165) is 21.7 Å². The summed E-state index contributed by atoms with van der Waals surface area (Å²) in [4.78, 5) is 104. The number of imidazole rings is 1. The second kappa shape index (κ2) is 27.1. The molecular weight excluding hydrogens is 1170 g/mol. The van der Waals surface area contributed by atoms with Crippen LogP contribution in [0.1, 0.15) is 91.3 Å². The van der Waals surface area contributed by atoms with Gasteiger partial charge in [-0.25, -0.2) is 15.0 Å². The highest BCUT2D eigenvalue weighted by molar-refractivity contribution is 7.13. The van der Waals surface area contributed by atoms with Crippen molar-refractivity contribution < 1.29 is 48.0 Å². The Hall–Kier alpha value is -8.14. The van der Waals surface area contributed by atoms with Crippen LogP contribution in [0.25, 0.3) is 21.8 Å². The Morgan fingerprint density at radius 2 is 1.62 bits per heavy atom. The van der Waals surface area contributed by atoms with Gasteiger partial charge in [-0.05, 0) is 60.6 Å². The van der Waals surface area contributed by atoms with Crippen molar-refractivity contribution in [2.75, 3.05) is 52.1 Å². The van der Waals surface area contributed by atoms with E-state index < -0.39 is 77.4 Å². The quantitative estimate of drug-likeness (QED) is 0.0562. The number of aliphatic hydroxyl groups is 1. The van der Waals surface area contributed by atoms with Crippen LogP contribution in [0, 0.1) is 12.3 Å². The molecule has 5 amide bonds. The van der Waals surface area contributed by atoms with Gasteiger partial charge in [0.05, 0.1) is 84.7 Å². The van der Waals surface area contributed by atoms with Gasteiger partial charge in [0, 0.05) is 50.5 Å². The number of anilines is 1. The Balaban J connectivity index is 0.755. The van der Waals surface area contributed by atoms with Gasteiger partial charge in [0.25, 0.3) is 11.5 Å². The number of pyridine rings is 1. The van der Waals surface area contributed by atoms with Gasteiger partial charge in [-0.15, -0.1) is 16.4 Å². The normalized spacial score (nSPS) is 16.5. The highest BCUT2D eigenvalue weighted by Gasteiger charge is 2.47. The maximum atomic E-state index is 14.7. The van der Waals surface area contributed by atoms with Crippen molar-refractivity contribution in [3.63, 3.8) is 0 Å². The van der Waals surface area contributed by atoms with Crippen LogP contribution in [-0.4, -0.2) is 149 Å². The standard InChI is InChI=1S/C58H66Cl2N14O11S/c1-32(34-10-12-36(13-11-34)49-33(2)63-31-86-49)64-52(78)42-23-40(75)28-73(42)56(81)50(58(3,4)5)65-45(77)30-85-21-20-84-29-44(76)61-24-39-27-71(69-68-39)18-9-19-72-48-46(66-51(72)41-25-62-57(83-8)67-53(41)82-7)55(80)74(43-22-38(60)26-70(6)54(43)79)47(48)35-14-16-37(59)17-15-35/h10-17,22,25-27,31-32,40,42,47,50,75H,9,18-21,23-24,28-30H2,1-8H3,(H,61,76)(H,64,78)(H,65,77)/t32-,40+,42-,47+,50+/m0/s1. The van der Waals surface area contributed by atoms with Crippen LogP contribution in [0.15, 0.2) is 83.5 Å². The van der Waals surface area contributed by atoms with E-state index >= 15 is 0 Å². The van der Waals surface area contributed by atoms with Gasteiger partial charge < -0.3 is 54.0 Å². The third-order valence-electron chi connectivity index (χ3n) is 14.6. The third kappa shape index (κ3) is 14.1. The first-order valence-corrected chi connectivity index (χ1v) is 29.2. The summed E-state index contributed by atoms with van der Waals surface area (Å²) in [6.45, 7) is 8.93. The number of thiazole rings is 1.